The van der Waals surface area contributed by atoms with Crippen LogP contribution >= 0.6 is 0 Å². The Labute approximate surface area is 531 Å². The molecule has 89 heavy (non-hydrogen) atoms. The molecule has 3 aromatic rings. The van der Waals surface area contributed by atoms with Crippen molar-refractivity contribution in [2.24, 2.45) is 11.8 Å². The van der Waals surface area contributed by atoms with Crippen LogP contribution < -0.4 is 24.8 Å². The largest absolute Gasteiger partial charge is 0.518 e. The maximum atomic E-state index is 12.5. The molecule has 1 aliphatic heterocycles. The molecule has 2 aliphatic rings. The number of nitrogens with one attached hydrogen (secondary N) is 2. The molecule has 1 saturated heterocycles. The van der Waals surface area contributed by atoms with Crippen molar-refractivity contribution in [3.8, 4) is 17.2 Å². The van der Waals surface area contributed by atoms with Crippen LogP contribution in [0.4, 0.5) is 19.2 Å². The second-order valence-corrected chi connectivity index (χ2v) is 24.4. The van der Waals surface area contributed by atoms with E-state index in [0.717, 1.165) is 74.0 Å². The molecule has 4 amide bonds. The minimum absolute atomic E-state index is 0.0987. The molecule has 490 valence electrons. The van der Waals surface area contributed by atoms with Crippen molar-refractivity contribution in [1.29, 1.82) is 0 Å². The molecule has 16 heteroatoms. The third-order valence-electron chi connectivity index (χ3n) is 16.3. The predicted molar refractivity (Wildman–Crippen MR) is 350 cm³/mol. The standard InChI is InChI=1S/C46H68O9.C27H37N3O4/c1-7-9-11-13-15-17-19-21-23-37-25-27-39(41(33-37)53-43(47)35(3)4)29-31-51-45(49)55-46(50)52-32-30-40-28-26-38(34-42(40)54-44(48)36(5)6)24-22-20-18-16-14-12-10-8-2;1-5-6-7-8-20-9-11-21(12-10-20)23-14-13-22(24(17-23)34-25(31)18(2)3)15-16-30-19(4)28-26(32)29-27(30)33/h25-28,33-34,36H,3,7-24,29-32H2,1-2,4-6H3;13-14,17,20-21H,2,4-12,15-16H2,1,3H3,(H2,28,29,32,33). The SMILES string of the molecule is C=C(C)C(=O)Oc1cc(C2CCC(CCCCC)CC2)ccc1CCN1C(=C)NC(=O)NC1=O.C=C(C)C(=O)Oc1cc(CCCCCCCCCC)ccc1CCOC(=O)OC(=O)OCCc1ccc(CCCCCCCCCC)cc1OC(=O)C(C)C. The number of unbranched alkanes of at least 4 members (excludes halogenated alkanes) is 16. The average molecular weight is 1230 g/mol. The molecule has 3 aromatic carbocycles. The maximum Gasteiger partial charge on any atom is 0.518 e. The van der Waals surface area contributed by atoms with Crippen LogP contribution in [0, 0.1) is 11.8 Å². The van der Waals surface area contributed by atoms with Crippen LogP contribution in [0.2, 0.25) is 0 Å². The van der Waals surface area contributed by atoms with Gasteiger partial charge in [0.15, 0.2) is 0 Å². The summed E-state index contributed by atoms with van der Waals surface area (Å²) in [6.07, 6.45) is 30.0. The molecule has 2 fully saturated rings. The smallest absolute Gasteiger partial charge is 0.434 e. The molecule has 16 nitrogen and oxygen atoms in total. The van der Waals surface area contributed by atoms with Gasteiger partial charge in [0, 0.05) is 30.5 Å². The van der Waals surface area contributed by atoms with E-state index in [1.807, 2.05) is 48.5 Å². The summed E-state index contributed by atoms with van der Waals surface area (Å²) in [6, 6.07) is 16.4. The highest BCUT2D eigenvalue weighted by molar-refractivity contribution is 5.97. The summed E-state index contributed by atoms with van der Waals surface area (Å²) in [5, 5.41) is 4.70. The Hall–Kier alpha value is -7.23. The summed E-state index contributed by atoms with van der Waals surface area (Å²) in [6.45, 7) is 24.6. The lowest BCUT2D eigenvalue weighted by Crippen LogP contribution is -2.55. The highest BCUT2D eigenvalue weighted by Crippen LogP contribution is 2.40. The molecule has 0 radical (unpaired) electrons. The first-order valence-electron chi connectivity index (χ1n) is 33.2. The van der Waals surface area contributed by atoms with Gasteiger partial charge in [-0.15, -0.1) is 0 Å². The second kappa shape index (κ2) is 41.9. The number of urea groups is 2. The van der Waals surface area contributed by atoms with Crippen molar-refractivity contribution in [3.63, 3.8) is 0 Å². The summed E-state index contributed by atoms with van der Waals surface area (Å²) in [5.41, 5.74) is 6.12. The summed E-state index contributed by atoms with van der Waals surface area (Å²) in [7, 11) is 0. The van der Waals surface area contributed by atoms with Crippen molar-refractivity contribution in [2.45, 2.75) is 241 Å². The number of hydrogen-bond acceptors (Lipinski definition) is 13. The Balaban J connectivity index is 0.000000423. The van der Waals surface area contributed by atoms with Gasteiger partial charge in [-0.3, -0.25) is 20.3 Å². The van der Waals surface area contributed by atoms with Gasteiger partial charge in [-0.1, -0.05) is 206 Å². The van der Waals surface area contributed by atoms with E-state index in [9.17, 15) is 33.6 Å². The van der Waals surface area contributed by atoms with E-state index < -0.39 is 36.3 Å². The Morgan fingerprint density at radius 2 is 0.978 bits per heavy atom. The van der Waals surface area contributed by atoms with Crippen LogP contribution in [-0.4, -0.2) is 66.9 Å². The quantitative estimate of drug-likeness (QED) is 0.0181. The number of carbonyl (C=O) groups excluding carboxylic acids is 7. The normalized spacial score (nSPS) is 14.6. The monoisotopic (exact) mass is 1230 g/mol. The molecule has 0 bridgehead atoms. The average Bonchev–Trinajstić information content (AvgIpc) is 2.44. The lowest BCUT2D eigenvalue weighted by atomic mass is 9.77. The molecule has 1 aliphatic carbocycles. The van der Waals surface area contributed by atoms with Gasteiger partial charge < -0.3 is 28.4 Å². The molecular formula is C73H105N3O13. The van der Waals surface area contributed by atoms with Crippen LogP contribution in [0.1, 0.15) is 242 Å². The van der Waals surface area contributed by atoms with Crippen molar-refractivity contribution >= 4 is 42.3 Å². The number of hydrogen-bond donors (Lipinski definition) is 2. The highest BCUT2D eigenvalue weighted by Gasteiger charge is 2.28. The lowest BCUT2D eigenvalue weighted by molar-refractivity contribution is -0.138. The number of aryl methyl sites for hydroxylation is 2. The molecule has 0 spiro atoms. The maximum absolute atomic E-state index is 12.5. The summed E-state index contributed by atoms with van der Waals surface area (Å²) >= 11 is 0. The van der Waals surface area contributed by atoms with E-state index >= 15 is 0 Å². The predicted octanol–water partition coefficient (Wildman–Crippen LogP) is 17.9. The van der Waals surface area contributed by atoms with Gasteiger partial charge in [0.25, 0.3) is 0 Å². The third-order valence-corrected chi connectivity index (χ3v) is 16.3. The number of imide groups is 1. The van der Waals surface area contributed by atoms with E-state index in [4.69, 9.17) is 28.4 Å². The van der Waals surface area contributed by atoms with Crippen LogP contribution in [-0.2, 0) is 60.7 Å². The number of ether oxygens (including phenoxy) is 6. The van der Waals surface area contributed by atoms with E-state index in [0.29, 0.717) is 46.3 Å². The minimum Gasteiger partial charge on any atom is -0.434 e. The highest BCUT2D eigenvalue weighted by atomic mass is 16.8. The molecule has 0 aromatic heterocycles. The Morgan fingerprint density at radius 3 is 1.45 bits per heavy atom. The molecule has 5 rings (SSSR count). The number of rotatable bonds is 38. The van der Waals surface area contributed by atoms with Gasteiger partial charge >= 0.3 is 42.3 Å². The second-order valence-electron chi connectivity index (χ2n) is 24.4. The van der Waals surface area contributed by atoms with E-state index in [1.165, 1.54) is 126 Å². The number of nitrogens with zero attached hydrogens (tertiary/aromatic N) is 1. The number of amides is 4. The molecule has 1 heterocycles. The van der Waals surface area contributed by atoms with Crippen LogP contribution in [0.5, 0.6) is 17.2 Å². The lowest BCUT2D eigenvalue weighted by Gasteiger charge is -2.30. The minimum atomic E-state index is -1.20. The van der Waals surface area contributed by atoms with Crippen LogP contribution in [0.15, 0.2) is 91.3 Å². The zero-order chi connectivity index (χ0) is 64.9. The zero-order valence-electron chi connectivity index (χ0n) is 54.9. The van der Waals surface area contributed by atoms with Crippen LogP contribution in [0.3, 0.4) is 0 Å². The third kappa shape index (κ3) is 28.9. The van der Waals surface area contributed by atoms with Gasteiger partial charge in [-0.2, -0.15) is 0 Å². The summed E-state index contributed by atoms with van der Waals surface area (Å²) in [4.78, 5) is 86.6. The first kappa shape index (κ1) is 74.2. The zero-order valence-corrected chi connectivity index (χ0v) is 54.9. The van der Waals surface area contributed by atoms with Gasteiger partial charge in [-0.05, 0) is 135 Å². The summed E-state index contributed by atoms with van der Waals surface area (Å²) in [5.74, 6) is 1.20. The molecule has 0 atom stereocenters. The van der Waals surface area contributed by atoms with E-state index in [-0.39, 0.29) is 55.9 Å². The molecular weight excluding hydrogens is 1130 g/mol. The Kier molecular flexibility index (Phi) is 34.9. The van der Waals surface area contributed by atoms with Gasteiger partial charge in [-0.25, -0.2) is 28.8 Å². The summed E-state index contributed by atoms with van der Waals surface area (Å²) < 4.78 is 32.0. The topological polar surface area (TPSA) is 202 Å². The van der Waals surface area contributed by atoms with Gasteiger partial charge in [0.1, 0.15) is 23.1 Å². The van der Waals surface area contributed by atoms with Crippen molar-refractivity contribution in [2.75, 3.05) is 19.8 Å². The number of esters is 3. The fraction of sp³-hybridized carbons (Fsp3) is 0.575. The number of carbonyl (C=O) groups is 7. The fourth-order valence-corrected chi connectivity index (χ4v) is 10.8. The van der Waals surface area contributed by atoms with E-state index in [1.54, 1.807) is 27.7 Å². The first-order chi connectivity index (χ1) is 42.8. The Bertz CT molecular complexity index is 2760. The van der Waals surface area contributed by atoms with Gasteiger partial charge in [0.2, 0.25) is 0 Å². The fourth-order valence-electron chi connectivity index (χ4n) is 10.8. The van der Waals surface area contributed by atoms with Gasteiger partial charge in [0.05, 0.1) is 19.1 Å². The van der Waals surface area contributed by atoms with E-state index in [2.05, 4.69) is 57.2 Å². The molecule has 2 N–H and O–H groups in total. The van der Waals surface area contributed by atoms with Crippen molar-refractivity contribution in [3.05, 3.63) is 125 Å². The van der Waals surface area contributed by atoms with Crippen molar-refractivity contribution in [1.82, 2.24) is 15.5 Å². The molecule has 1 saturated carbocycles. The molecule has 0 unspecified atom stereocenters. The first-order valence-corrected chi connectivity index (χ1v) is 33.2. The Morgan fingerprint density at radius 1 is 0.539 bits per heavy atom. The van der Waals surface area contributed by atoms with Crippen LogP contribution in [0.25, 0.3) is 0 Å². The van der Waals surface area contributed by atoms with Crippen molar-refractivity contribution < 1.29 is 62.0 Å². The number of benzene rings is 3.